The van der Waals surface area contributed by atoms with E-state index in [1.54, 1.807) is 11.0 Å². The molecule has 1 atom stereocenters. The summed E-state index contributed by atoms with van der Waals surface area (Å²) in [6.07, 6.45) is 1.53. The van der Waals surface area contributed by atoms with Crippen LogP contribution >= 0.6 is 0 Å². The third kappa shape index (κ3) is 4.63. The summed E-state index contributed by atoms with van der Waals surface area (Å²) >= 11 is 0. The Kier molecular flexibility index (Phi) is 6.46. The Balaban J connectivity index is 2.02. The molecule has 0 radical (unpaired) electrons. The molecule has 0 spiro atoms. The molecule has 0 aliphatic carbocycles. The first kappa shape index (κ1) is 18.1. The molecule has 24 heavy (non-hydrogen) atoms. The number of likely N-dealkylation sites (tertiary alicyclic amines) is 1. The zero-order valence-corrected chi connectivity index (χ0v) is 14.7. The van der Waals surface area contributed by atoms with Gasteiger partial charge in [0.1, 0.15) is 11.8 Å². The predicted octanol–water partition coefficient (Wildman–Crippen LogP) is 2.85. The lowest BCUT2D eigenvalue weighted by Crippen LogP contribution is -2.48. The van der Waals surface area contributed by atoms with Crippen LogP contribution in [0.4, 0.5) is 10.5 Å². The lowest BCUT2D eigenvalue weighted by molar-refractivity contribution is -0.124. The number of nitrogens with zero attached hydrogens (tertiary/aromatic N) is 1. The SMILES string of the molecule is CCOc1ccccc1NC(=O)N1CCC[C@H]1C(=O)NCC(C)C. The van der Waals surface area contributed by atoms with Crippen molar-refractivity contribution in [2.75, 3.05) is 25.0 Å². The Bertz CT molecular complexity index is 574. The number of carbonyl (C=O) groups excluding carboxylic acids is 2. The summed E-state index contributed by atoms with van der Waals surface area (Å²) in [5.74, 6) is 0.943. The molecule has 3 amide bonds. The van der Waals surface area contributed by atoms with Gasteiger partial charge in [-0.1, -0.05) is 26.0 Å². The fourth-order valence-corrected chi connectivity index (χ4v) is 2.74. The predicted molar refractivity (Wildman–Crippen MR) is 94.2 cm³/mol. The minimum Gasteiger partial charge on any atom is -0.492 e. The first-order valence-corrected chi connectivity index (χ1v) is 8.60. The van der Waals surface area contributed by atoms with Gasteiger partial charge in [0, 0.05) is 13.1 Å². The molecule has 1 fully saturated rings. The highest BCUT2D eigenvalue weighted by Crippen LogP contribution is 2.25. The van der Waals surface area contributed by atoms with Gasteiger partial charge in [-0.05, 0) is 37.8 Å². The van der Waals surface area contributed by atoms with Crippen molar-refractivity contribution in [3.05, 3.63) is 24.3 Å². The largest absolute Gasteiger partial charge is 0.492 e. The van der Waals surface area contributed by atoms with Crippen LogP contribution in [0, 0.1) is 5.92 Å². The molecule has 0 saturated carbocycles. The number of carbonyl (C=O) groups is 2. The highest BCUT2D eigenvalue weighted by atomic mass is 16.5. The summed E-state index contributed by atoms with van der Waals surface area (Å²) in [5.41, 5.74) is 0.623. The summed E-state index contributed by atoms with van der Waals surface area (Å²) in [5, 5.41) is 5.79. The molecule has 1 aliphatic rings. The molecule has 0 aromatic heterocycles. The first-order valence-electron chi connectivity index (χ1n) is 8.60. The second-order valence-corrected chi connectivity index (χ2v) is 6.35. The highest BCUT2D eigenvalue weighted by molar-refractivity contribution is 5.95. The van der Waals surface area contributed by atoms with Gasteiger partial charge in [-0.15, -0.1) is 0 Å². The summed E-state index contributed by atoms with van der Waals surface area (Å²) in [4.78, 5) is 26.5. The van der Waals surface area contributed by atoms with Gasteiger partial charge < -0.3 is 20.3 Å². The van der Waals surface area contributed by atoms with Gasteiger partial charge in [0.2, 0.25) is 5.91 Å². The molecule has 132 valence electrons. The van der Waals surface area contributed by atoms with Crippen LogP contribution < -0.4 is 15.4 Å². The van der Waals surface area contributed by atoms with Crippen molar-refractivity contribution in [2.24, 2.45) is 5.92 Å². The number of anilines is 1. The van der Waals surface area contributed by atoms with Crippen LogP contribution in [0.3, 0.4) is 0 Å². The van der Waals surface area contributed by atoms with Gasteiger partial charge in [0.05, 0.1) is 12.3 Å². The molecular formula is C18H27N3O3. The van der Waals surface area contributed by atoms with Gasteiger partial charge >= 0.3 is 6.03 Å². The number of benzene rings is 1. The van der Waals surface area contributed by atoms with E-state index in [0.717, 1.165) is 6.42 Å². The number of nitrogens with one attached hydrogen (secondary N) is 2. The maximum Gasteiger partial charge on any atom is 0.322 e. The lowest BCUT2D eigenvalue weighted by atomic mass is 10.2. The van der Waals surface area contributed by atoms with Crippen molar-refractivity contribution >= 4 is 17.6 Å². The van der Waals surface area contributed by atoms with Crippen molar-refractivity contribution in [1.82, 2.24) is 10.2 Å². The molecule has 6 heteroatoms. The second-order valence-electron chi connectivity index (χ2n) is 6.35. The van der Waals surface area contributed by atoms with Crippen LogP contribution in [0.5, 0.6) is 5.75 Å². The molecule has 1 heterocycles. The molecule has 1 saturated heterocycles. The van der Waals surface area contributed by atoms with Crippen LogP contribution in [0.15, 0.2) is 24.3 Å². The zero-order valence-electron chi connectivity index (χ0n) is 14.7. The molecule has 2 N–H and O–H groups in total. The average Bonchev–Trinajstić information content (AvgIpc) is 3.04. The van der Waals surface area contributed by atoms with Crippen molar-refractivity contribution in [2.45, 2.75) is 39.7 Å². The van der Waals surface area contributed by atoms with Gasteiger partial charge in [-0.3, -0.25) is 4.79 Å². The maximum absolute atomic E-state index is 12.6. The summed E-state index contributed by atoms with van der Waals surface area (Å²) in [6, 6.07) is 6.66. The smallest absolute Gasteiger partial charge is 0.322 e. The third-order valence-electron chi connectivity index (χ3n) is 3.93. The van der Waals surface area contributed by atoms with Gasteiger partial charge in [0.25, 0.3) is 0 Å². The van der Waals surface area contributed by atoms with Gasteiger partial charge in [0.15, 0.2) is 0 Å². The number of ether oxygens (including phenoxy) is 1. The highest BCUT2D eigenvalue weighted by Gasteiger charge is 2.34. The van der Waals surface area contributed by atoms with Crippen LogP contribution in [-0.4, -0.2) is 42.6 Å². The molecule has 1 aromatic carbocycles. The molecule has 1 aliphatic heterocycles. The van der Waals surface area contributed by atoms with Crippen molar-refractivity contribution < 1.29 is 14.3 Å². The van der Waals surface area contributed by atoms with Crippen molar-refractivity contribution in [1.29, 1.82) is 0 Å². The monoisotopic (exact) mass is 333 g/mol. The van der Waals surface area contributed by atoms with E-state index in [-0.39, 0.29) is 11.9 Å². The number of urea groups is 1. The molecule has 0 bridgehead atoms. The van der Waals surface area contributed by atoms with E-state index < -0.39 is 6.04 Å². The number of amides is 3. The summed E-state index contributed by atoms with van der Waals surface area (Å²) in [7, 11) is 0. The Hall–Kier alpha value is -2.24. The van der Waals surface area contributed by atoms with Crippen LogP contribution in [0.2, 0.25) is 0 Å². The standard InChI is InChI=1S/C18H27N3O3/c1-4-24-16-10-6-5-8-14(16)20-18(23)21-11-7-9-15(21)17(22)19-12-13(2)3/h5-6,8,10,13,15H,4,7,9,11-12H2,1-3H3,(H,19,22)(H,20,23)/t15-/m0/s1. The van der Waals surface area contributed by atoms with Crippen LogP contribution in [-0.2, 0) is 4.79 Å². The van der Waals surface area contributed by atoms with E-state index in [4.69, 9.17) is 4.74 Å². The minimum absolute atomic E-state index is 0.0746. The molecule has 0 unspecified atom stereocenters. The quantitative estimate of drug-likeness (QED) is 0.841. The third-order valence-corrected chi connectivity index (χ3v) is 3.93. The fourth-order valence-electron chi connectivity index (χ4n) is 2.74. The van der Waals surface area contributed by atoms with Crippen LogP contribution in [0.1, 0.15) is 33.6 Å². The Morgan fingerprint density at radius 3 is 2.79 bits per heavy atom. The van der Waals surface area contributed by atoms with E-state index in [1.807, 2.05) is 39.0 Å². The number of rotatable bonds is 6. The van der Waals surface area contributed by atoms with Gasteiger partial charge in [-0.25, -0.2) is 4.79 Å². The number of para-hydroxylation sites is 2. The summed E-state index contributed by atoms with van der Waals surface area (Å²) in [6.45, 7) is 7.72. The first-order chi connectivity index (χ1) is 11.5. The Morgan fingerprint density at radius 2 is 2.08 bits per heavy atom. The Labute approximate surface area is 143 Å². The van der Waals surface area contributed by atoms with Crippen molar-refractivity contribution in [3.8, 4) is 5.75 Å². The molecule has 1 aromatic rings. The van der Waals surface area contributed by atoms with Gasteiger partial charge in [-0.2, -0.15) is 0 Å². The number of hydrogen-bond donors (Lipinski definition) is 2. The van der Waals surface area contributed by atoms with E-state index in [9.17, 15) is 9.59 Å². The zero-order chi connectivity index (χ0) is 17.5. The topological polar surface area (TPSA) is 70.7 Å². The lowest BCUT2D eigenvalue weighted by Gasteiger charge is -2.25. The van der Waals surface area contributed by atoms with E-state index >= 15 is 0 Å². The number of hydrogen-bond acceptors (Lipinski definition) is 3. The van der Waals surface area contributed by atoms with Crippen LogP contribution in [0.25, 0.3) is 0 Å². The molecule has 2 rings (SSSR count). The molecule has 6 nitrogen and oxygen atoms in total. The van der Waals surface area contributed by atoms with E-state index in [1.165, 1.54) is 0 Å². The minimum atomic E-state index is -0.400. The second kappa shape index (κ2) is 8.57. The maximum atomic E-state index is 12.6. The average molecular weight is 333 g/mol. The van der Waals surface area contributed by atoms with E-state index in [2.05, 4.69) is 10.6 Å². The van der Waals surface area contributed by atoms with E-state index in [0.29, 0.717) is 43.5 Å². The summed E-state index contributed by atoms with van der Waals surface area (Å²) < 4.78 is 5.53. The normalized spacial score (nSPS) is 17.0. The Morgan fingerprint density at radius 1 is 1.33 bits per heavy atom. The van der Waals surface area contributed by atoms with Crippen molar-refractivity contribution in [3.63, 3.8) is 0 Å². The molecular weight excluding hydrogens is 306 g/mol. The fraction of sp³-hybridized carbons (Fsp3) is 0.556.